The molecule has 1 saturated heterocycles. The van der Waals surface area contributed by atoms with Gasteiger partial charge in [0.05, 0.1) is 29.5 Å². The van der Waals surface area contributed by atoms with Crippen LogP contribution in [0.15, 0.2) is 58.9 Å². The maximum absolute atomic E-state index is 13.3. The molecule has 0 radical (unpaired) electrons. The third-order valence-electron chi connectivity index (χ3n) is 4.79. The molecule has 0 saturated carbocycles. The van der Waals surface area contributed by atoms with Gasteiger partial charge in [0.25, 0.3) is 0 Å². The number of rotatable bonds is 6. The Balaban J connectivity index is 1.43. The lowest BCUT2D eigenvalue weighted by Gasteiger charge is -2.26. The van der Waals surface area contributed by atoms with Gasteiger partial charge in [0.1, 0.15) is 0 Å². The second kappa shape index (κ2) is 9.23. The summed E-state index contributed by atoms with van der Waals surface area (Å²) < 4.78 is 45.6. The summed E-state index contributed by atoms with van der Waals surface area (Å²) in [4.78, 5) is 16.2. The molecule has 162 valence electrons. The van der Waals surface area contributed by atoms with Crippen LogP contribution in [-0.2, 0) is 26.0 Å². The van der Waals surface area contributed by atoms with Crippen molar-refractivity contribution in [1.82, 2.24) is 9.29 Å². The standard InChI is InChI=1S/C21H20FN3O4S2/c22-19-12-16(4-5-23-19)17-13-21(30-14-17)24-20(26)11-15-2-1-3-18(10-15)31(27,28)25-6-8-29-9-7-25/h1-5,10,12-14H,6-9,11H2,(H,24,26). The van der Waals surface area contributed by atoms with Gasteiger partial charge in [-0.15, -0.1) is 11.3 Å². The number of carbonyl (C=O) groups is 1. The van der Waals surface area contributed by atoms with Crippen LogP contribution in [0.5, 0.6) is 0 Å². The number of morpholine rings is 1. The zero-order valence-electron chi connectivity index (χ0n) is 16.5. The van der Waals surface area contributed by atoms with E-state index in [9.17, 15) is 17.6 Å². The molecule has 1 amide bonds. The molecule has 1 aliphatic heterocycles. The molecule has 1 aromatic carbocycles. The number of thiophene rings is 1. The number of nitrogens with zero attached hydrogens (tertiary/aromatic N) is 2. The van der Waals surface area contributed by atoms with Crippen LogP contribution >= 0.6 is 11.3 Å². The first-order valence-corrected chi connectivity index (χ1v) is 11.9. The molecular weight excluding hydrogens is 441 g/mol. The lowest BCUT2D eigenvalue weighted by molar-refractivity contribution is -0.115. The predicted octanol–water partition coefficient (Wildman–Crippen LogP) is 3.15. The lowest BCUT2D eigenvalue weighted by atomic mass is 10.1. The van der Waals surface area contributed by atoms with E-state index in [0.29, 0.717) is 42.4 Å². The zero-order valence-corrected chi connectivity index (χ0v) is 18.1. The topological polar surface area (TPSA) is 88.6 Å². The Morgan fingerprint density at radius 1 is 1.16 bits per heavy atom. The van der Waals surface area contributed by atoms with Gasteiger partial charge in [0.2, 0.25) is 21.9 Å². The Hall–Kier alpha value is -2.66. The van der Waals surface area contributed by atoms with Gasteiger partial charge in [-0.25, -0.2) is 13.4 Å². The van der Waals surface area contributed by atoms with Gasteiger partial charge in [-0.3, -0.25) is 4.79 Å². The molecule has 1 N–H and O–H groups in total. The highest BCUT2D eigenvalue weighted by Gasteiger charge is 2.26. The van der Waals surface area contributed by atoms with E-state index in [0.717, 1.165) is 5.56 Å². The number of anilines is 1. The van der Waals surface area contributed by atoms with E-state index in [2.05, 4.69) is 10.3 Å². The van der Waals surface area contributed by atoms with Gasteiger partial charge < -0.3 is 10.1 Å². The van der Waals surface area contributed by atoms with E-state index in [1.165, 1.54) is 40.0 Å². The van der Waals surface area contributed by atoms with Crippen LogP contribution in [-0.4, -0.2) is 49.9 Å². The molecule has 3 aromatic rings. The molecule has 0 atom stereocenters. The summed E-state index contributed by atoms with van der Waals surface area (Å²) >= 11 is 1.33. The van der Waals surface area contributed by atoms with Gasteiger partial charge in [0.15, 0.2) is 0 Å². The second-order valence-corrected chi connectivity index (χ2v) is 9.80. The average molecular weight is 462 g/mol. The van der Waals surface area contributed by atoms with Crippen LogP contribution in [0.4, 0.5) is 9.39 Å². The zero-order chi connectivity index (χ0) is 21.8. The van der Waals surface area contributed by atoms with Gasteiger partial charge in [0, 0.05) is 30.7 Å². The fraction of sp³-hybridized carbons (Fsp3) is 0.238. The molecule has 31 heavy (non-hydrogen) atoms. The normalized spacial score (nSPS) is 15.0. The number of sulfonamides is 1. The largest absolute Gasteiger partial charge is 0.379 e. The molecule has 2 aromatic heterocycles. The third kappa shape index (κ3) is 5.16. The number of ether oxygens (including phenoxy) is 1. The van der Waals surface area contributed by atoms with Crippen LogP contribution in [0.2, 0.25) is 0 Å². The maximum Gasteiger partial charge on any atom is 0.243 e. The third-order valence-corrected chi connectivity index (χ3v) is 7.53. The van der Waals surface area contributed by atoms with Crippen molar-refractivity contribution in [2.75, 3.05) is 31.6 Å². The van der Waals surface area contributed by atoms with E-state index in [-0.39, 0.29) is 17.2 Å². The van der Waals surface area contributed by atoms with E-state index in [4.69, 9.17) is 4.74 Å². The molecule has 0 spiro atoms. The first kappa shape index (κ1) is 21.6. The summed E-state index contributed by atoms with van der Waals surface area (Å²) in [7, 11) is -3.62. The monoisotopic (exact) mass is 461 g/mol. The maximum atomic E-state index is 13.3. The van der Waals surface area contributed by atoms with Crippen LogP contribution in [0.1, 0.15) is 5.56 Å². The van der Waals surface area contributed by atoms with Crippen LogP contribution in [0, 0.1) is 5.95 Å². The van der Waals surface area contributed by atoms with Crippen molar-refractivity contribution >= 4 is 32.3 Å². The van der Waals surface area contributed by atoms with Crippen molar-refractivity contribution in [2.45, 2.75) is 11.3 Å². The van der Waals surface area contributed by atoms with Crippen LogP contribution in [0.3, 0.4) is 0 Å². The number of pyridine rings is 1. The highest BCUT2D eigenvalue weighted by molar-refractivity contribution is 7.89. The molecular formula is C21H20FN3O4S2. The highest BCUT2D eigenvalue weighted by atomic mass is 32.2. The Morgan fingerprint density at radius 2 is 1.97 bits per heavy atom. The summed E-state index contributed by atoms with van der Waals surface area (Å²) in [5.74, 6) is -0.837. The second-order valence-electron chi connectivity index (χ2n) is 6.96. The van der Waals surface area contributed by atoms with Crippen molar-refractivity contribution in [3.05, 3.63) is 65.6 Å². The number of carbonyl (C=O) groups excluding carboxylic acids is 1. The molecule has 0 aliphatic carbocycles. The lowest BCUT2D eigenvalue weighted by Crippen LogP contribution is -2.40. The van der Waals surface area contributed by atoms with E-state index in [1.54, 1.807) is 24.3 Å². The van der Waals surface area contributed by atoms with Crippen LogP contribution in [0.25, 0.3) is 11.1 Å². The summed E-state index contributed by atoms with van der Waals surface area (Å²) in [6.45, 7) is 1.37. The minimum Gasteiger partial charge on any atom is -0.379 e. The van der Waals surface area contributed by atoms with Gasteiger partial charge in [-0.1, -0.05) is 12.1 Å². The van der Waals surface area contributed by atoms with Crippen molar-refractivity contribution < 1.29 is 22.3 Å². The number of hydrogen-bond donors (Lipinski definition) is 1. The number of amides is 1. The van der Waals surface area contributed by atoms with Gasteiger partial charge in [-0.05, 0) is 41.0 Å². The molecule has 4 rings (SSSR count). The molecule has 1 aliphatic rings. The van der Waals surface area contributed by atoms with E-state index >= 15 is 0 Å². The summed E-state index contributed by atoms with van der Waals surface area (Å²) in [5.41, 5.74) is 2.05. The fourth-order valence-electron chi connectivity index (χ4n) is 3.25. The smallest absolute Gasteiger partial charge is 0.243 e. The molecule has 0 bridgehead atoms. The first-order valence-electron chi connectivity index (χ1n) is 9.59. The fourth-order valence-corrected chi connectivity index (χ4v) is 5.56. The summed E-state index contributed by atoms with van der Waals surface area (Å²) in [6.07, 6.45) is 1.42. The number of hydrogen-bond acceptors (Lipinski definition) is 6. The summed E-state index contributed by atoms with van der Waals surface area (Å²) in [5, 5.41) is 5.25. The number of halogens is 1. The molecule has 3 heterocycles. The minimum absolute atomic E-state index is 0.0313. The first-order chi connectivity index (χ1) is 14.9. The van der Waals surface area contributed by atoms with Gasteiger partial charge >= 0.3 is 0 Å². The number of aromatic nitrogens is 1. The Morgan fingerprint density at radius 3 is 2.74 bits per heavy atom. The van der Waals surface area contributed by atoms with E-state index < -0.39 is 16.0 Å². The van der Waals surface area contributed by atoms with Crippen molar-refractivity contribution in [1.29, 1.82) is 0 Å². The SMILES string of the molecule is O=C(Cc1cccc(S(=O)(=O)N2CCOCC2)c1)Nc1cc(-c2ccnc(F)c2)cs1. The quantitative estimate of drug-likeness (QED) is 0.570. The van der Waals surface area contributed by atoms with Crippen molar-refractivity contribution in [2.24, 2.45) is 0 Å². The van der Waals surface area contributed by atoms with Crippen molar-refractivity contribution in [3.8, 4) is 11.1 Å². The number of nitrogens with one attached hydrogen (secondary N) is 1. The Bertz CT molecular complexity index is 1190. The number of benzene rings is 1. The van der Waals surface area contributed by atoms with Gasteiger partial charge in [-0.2, -0.15) is 8.70 Å². The molecule has 1 fully saturated rings. The molecule has 0 unspecified atom stereocenters. The average Bonchev–Trinajstić information content (AvgIpc) is 3.23. The Labute approximate surface area is 183 Å². The summed E-state index contributed by atoms with van der Waals surface area (Å²) in [6, 6.07) is 11.2. The van der Waals surface area contributed by atoms with Crippen LogP contribution < -0.4 is 5.32 Å². The Kier molecular flexibility index (Phi) is 6.42. The highest BCUT2D eigenvalue weighted by Crippen LogP contribution is 2.29. The molecule has 7 nitrogen and oxygen atoms in total. The predicted molar refractivity (Wildman–Crippen MR) is 116 cm³/mol. The van der Waals surface area contributed by atoms with E-state index in [1.807, 2.05) is 5.38 Å². The van der Waals surface area contributed by atoms with Crippen molar-refractivity contribution in [3.63, 3.8) is 0 Å². The minimum atomic E-state index is -3.62. The molecule has 10 heteroatoms.